The van der Waals surface area contributed by atoms with E-state index >= 15 is 0 Å². The van der Waals surface area contributed by atoms with Gasteiger partial charge < -0.3 is 35.5 Å². The molecule has 12 nitrogen and oxygen atoms in total. The molecule has 0 spiro atoms. The molecule has 1 amide bonds. The molecule has 4 atom stereocenters. The van der Waals surface area contributed by atoms with Crippen molar-refractivity contribution in [1.82, 2.24) is 24.8 Å². The van der Waals surface area contributed by atoms with Crippen molar-refractivity contribution in [2.24, 2.45) is 0 Å². The number of amides is 1. The molecule has 0 saturated carbocycles. The number of carbonyl (C=O) groups excluding carboxylic acids is 1. The molecule has 1 aromatic carbocycles. The molecule has 5 N–H and O–H groups in total. The van der Waals surface area contributed by atoms with Gasteiger partial charge in [-0.3, -0.25) is 9.36 Å². The molecule has 1 fully saturated rings. The first-order valence-corrected chi connectivity index (χ1v) is 9.40. The number of hydrogen-bond acceptors (Lipinski definition) is 10. The summed E-state index contributed by atoms with van der Waals surface area (Å²) in [6, 6.07) is 4.97. The van der Waals surface area contributed by atoms with E-state index in [9.17, 15) is 15.0 Å². The van der Waals surface area contributed by atoms with Crippen LogP contribution in [-0.2, 0) is 4.74 Å². The number of aromatic nitrogens is 4. The molecule has 4 rings (SSSR count). The molecular weight excluding hydrogens is 408 g/mol. The Morgan fingerprint density at radius 1 is 1.19 bits per heavy atom. The molecule has 0 bridgehead atoms. The summed E-state index contributed by atoms with van der Waals surface area (Å²) in [6.45, 7) is -0.0709. The van der Waals surface area contributed by atoms with E-state index < -0.39 is 30.4 Å². The first-order chi connectivity index (χ1) is 15.0. The number of rotatable bonds is 6. The number of benzene rings is 1. The Bertz CT molecular complexity index is 1080. The topological polar surface area (TPSA) is 167 Å². The fraction of sp³-hybridized carbons (Fsp3) is 0.368. The fourth-order valence-corrected chi connectivity index (χ4v) is 3.54. The maximum Gasteiger partial charge on any atom is 0.258 e. The summed E-state index contributed by atoms with van der Waals surface area (Å²) in [4.78, 5) is 24.9. The van der Waals surface area contributed by atoms with E-state index in [0.717, 1.165) is 0 Å². The van der Waals surface area contributed by atoms with Crippen LogP contribution in [0.3, 0.4) is 0 Å². The highest BCUT2D eigenvalue weighted by Gasteiger charge is 2.44. The molecule has 31 heavy (non-hydrogen) atoms. The normalized spacial score (nSPS) is 23.1. The molecule has 2 aromatic heterocycles. The minimum Gasteiger partial charge on any atom is -0.496 e. The number of nitrogen functional groups attached to an aromatic ring is 1. The quantitative estimate of drug-likeness (QED) is 0.399. The molecule has 0 radical (unpaired) electrons. The zero-order valence-corrected chi connectivity index (χ0v) is 16.8. The highest BCUT2D eigenvalue weighted by Crippen LogP contribution is 2.32. The number of nitrogens with two attached hydrogens (primary N) is 1. The first kappa shape index (κ1) is 20.8. The van der Waals surface area contributed by atoms with Crippen LogP contribution in [0.4, 0.5) is 5.82 Å². The lowest BCUT2D eigenvalue weighted by molar-refractivity contribution is -0.0338. The second-order valence-corrected chi connectivity index (χ2v) is 6.88. The summed E-state index contributed by atoms with van der Waals surface area (Å²) in [5, 5.41) is 23.7. The van der Waals surface area contributed by atoms with Crippen LogP contribution in [0.2, 0.25) is 0 Å². The summed E-state index contributed by atoms with van der Waals surface area (Å²) < 4.78 is 17.8. The van der Waals surface area contributed by atoms with Gasteiger partial charge in [-0.2, -0.15) is 0 Å². The molecule has 0 aliphatic carbocycles. The number of fused-ring (bicyclic) bond motifs is 1. The second kappa shape index (κ2) is 8.34. The molecule has 1 aliphatic rings. The number of ether oxygens (including phenoxy) is 3. The van der Waals surface area contributed by atoms with E-state index in [0.29, 0.717) is 22.7 Å². The van der Waals surface area contributed by atoms with Gasteiger partial charge in [-0.1, -0.05) is 6.07 Å². The molecule has 1 saturated heterocycles. The van der Waals surface area contributed by atoms with E-state index in [-0.39, 0.29) is 17.9 Å². The van der Waals surface area contributed by atoms with Crippen molar-refractivity contribution in [1.29, 1.82) is 0 Å². The van der Waals surface area contributed by atoms with Gasteiger partial charge in [0.2, 0.25) is 0 Å². The number of nitrogens with zero attached hydrogens (tertiary/aromatic N) is 4. The molecule has 3 heterocycles. The largest absolute Gasteiger partial charge is 0.496 e. The predicted molar refractivity (Wildman–Crippen MR) is 108 cm³/mol. The standard InChI is InChI=1S/C19H22N6O6/c1-29-9-4-3-5-10(30-2)12(9)18(28)21-6-11-14(26)15(27)19(31-11)25-8-24-13-16(20)22-7-23-17(13)25/h3-5,7-8,11,14-15,19,26-27H,6H2,1-2H3,(H,21,28)(H2,20,22,23). The monoisotopic (exact) mass is 430 g/mol. The molecule has 12 heteroatoms. The van der Waals surface area contributed by atoms with E-state index in [2.05, 4.69) is 20.3 Å². The van der Waals surface area contributed by atoms with E-state index in [4.69, 9.17) is 19.9 Å². The molecule has 4 unspecified atom stereocenters. The Morgan fingerprint density at radius 3 is 2.58 bits per heavy atom. The number of imidazole rings is 1. The lowest BCUT2D eigenvalue weighted by Crippen LogP contribution is -2.40. The van der Waals surface area contributed by atoms with Crippen LogP contribution in [-0.4, -0.2) is 74.7 Å². The van der Waals surface area contributed by atoms with E-state index in [1.807, 2.05) is 0 Å². The van der Waals surface area contributed by atoms with Crippen molar-refractivity contribution in [3.8, 4) is 11.5 Å². The average molecular weight is 430 g/mol. The lowest BCUT2D eigenvalue weighted by atomic mass is 10.1. The van der Waals surface area contributed by atoms with Crippen molar-refractivity contribution in [2.75, 3.05) is 26.5 Å². The van der Waals surface area contributed by atoms with Crippen molar-refractivity contribution >= 4 is 22.9 Å². The van der Waals surface area contributed by atoms with Crippen LogP contribution < -0.4 is 20.5 Å². The first-order valence-electron chi connectivity index (χ1n) is 9.40. The number of aliphatic hydroxyl groups excluding tert-OH is 2. The zero-order chi connectivity index (χ0) is 22.1. The van der Waals surface area contributed by atoms with Gasteiger partial charge in [0.1, 0.15) is 47.2 Å². The van der Waals surface area contributed by atoms with Gasteiger partial charge in [0.05, 0.1) is 20.5 Å². The SMILES string of the molecule is COc1cccc(OC)c1C(=O)NCC1OC(n2cnc3c(N)ncnc32)C(O)C1O. The summed E-state index contributed by atoms with van der Waals surface area (Å²) in [5.74, 6) is 0.387. The molecule has 1 aliphatic heterocycles. The number of carbonyl (C=O) groups is 1. The van der Waals surface area contributed by atoms with Gasteiger partial charge in [-0.25, -0.2) is 15.0 Å². The average Bonchev–Trinajstić information content (AvgIpc) is 3.33. The number of anilines is 1. The van der Waals surface area contributed by atoms with Gasteiger partial charge >= 0.3 is 0 Å². The van der Waals surface area contributed by atoms with Crippen molar-refractivity contribution in [2.45, 2.75) is 24.5 Å². The van der Waals surface area contributed by atoms with Gasteiger partial charge in [-0.05, 0) is 12.1 Å². The van der Waals surface area contributed by atoms with Crippen LogP contribution in [0, 0.1) is 0 Å². The Hall–Kier alpha value is -3.48. The van der Waals surface area contributed by atoms with E-state index in [1.165, 1.54) is 31.4 Å². The third-order valence-corrected chi connectivity index (χ3v) is 5.12. The van der Waals surface area contributed by atoms with Crippen LogP contribution in [0.25, 0.3) is 11.2 Å². The summed E-state index contributed by atoms with van der Waals surface area (Å²) in [5.41, 5.74) is 6.71. The molecular formula is C19H22N6O6. The van der Waals surface area contributed by atoms with Crippen molar-refractivity contribution < 1.29 is 29.2 Å². The number of aliphatic hydroxyl groups is 2. The third-order valence-electron chi connectivity index (χ3n) is 5.12. The minimum atomic E-state index is -1.28. The number of nitrogens with one attached hydrogen (secondary N) is 1. The Kier molecular flexibility index (Phi) is 5.59. The summed E-state index contributed by atoms with van der Waals surface area (Å²) in [7, 11) is 2.89. The van der Waals surface area contributed by atoms with E-state index in [1.54, 1.807) is 18.2 Å². The summed E-state index contributed by atoms with van der Waals surface area (Å²) >= 11 is 0. The lowest BCUT2D eigenvalue weighted by Gasteiger charge is -2.17. The van der Waals surface area contributed by atoms with Crippen LogP contribution in [0.5, 0.6) is 11.5 Å². The van der Waals surface area contributed by atoms with Crippen molar-refractivity contribution in [3.63, 3.8) is 0 Å². The maximum atomic E-state index is 12.8. The van der Waals surface area contributed by atoms with Gasteiger partial charge in [0.15, 0.2) is 17.7 Å². The van der Waals surface area contributed by atoms with Crippen LogP contribution >= 0.6 is 0 Å². The Labute approximate surface area is 176 Å². The Morgan fingerprint density at radius 2 is 1.90 bits per heavy atom. The Balaban J connectivity index is 1.51. The molecule has 3 aromatic rings. The fourth-order valence-electron chi connectivity index (χ4n) is 3.54. The van der Waals surface area contributed by atoms with Crippen LogP contribution in [0.15, 0.2) is 30.9 Å². The third kappa shape index (κ3) is 3.60. The summed E-state index contributed by atoms with van der Waals surface area (Å²) in [6.07, 6.45) is -1.74. The van der Waals surface area contributed by atoms with Gasteiger partial charge in [0.25, 0.3) is 5.91 Å². The number of hydrogen-bond donors (Lipinski definition) is 4. The minimum absolute atomic E-state index is 0.0709. The van der Waals surface area contributed by atoms with Crippen molar-refractivity contribution in [3.05, 3.63) is 36.4 Å². The molecule has 164 valence electrons. The predicted octanol–water partition coefficient (Wildman–Crippen LogP) is -0.525. The number of methoxy groups -OCH3 is 2. The smallest absolute Gasteiger partial charge is 0.258 e. The highest BCUT2D eigenvalue weighted by molar-refractivity contribution is 5.99. The maximum absolute atomic E-state index is 12.8. The van der Waals surface area contributed by atoms with Crippen LogP contribution in [0.1, 0.15) is 16.6 Å². The zero-order valence-electron chi connectivity index (χ0n) is 16.8. The van der Waals surface area contributed by atoms with Gasteiger partial charge in [-0.15, -0.1) is 0 Å². The van der Waals surface area contributed by atoms with Gasteiger partial charge in [0, 0.05) is 6.54 Å². The highest BCUT2D eigenvalue weighted by atomic mass is 16.6. The second-order valence-electron chi connectivity index (χ2n) is 6.88.